The zero-order valence-electron chi connectivity index (χ0n) is 20.9. The molecule has 2 saturated heterocycles. The van der Waals surface area contributed by atoms with Crippen molar-refractivity contribution < 1.29 is 23.9 Å². The first-order chi connectivity index (χ1) is 17.9. The van der Waals surface area contributed by atoms with Crippen molar-refractivity contribution >= 4 is 29.6 Å². The summed E-state index contributed by atoms with van der Waals surface area (Å²) in [5.41, 5.74) is 0.316. The molecule has 1 aromatic carbocycles. The van der Waals surface area contributed by atoms with Crippen molar-refractivity contribution in [1.82, 2.24) is 25.5 Å². The molecule has 2 aliphatic heterocycles. The Balaban J connectivity index is 1.24. The van der Waals surface area contributed by atoms with Crippen molar-refractivity contribution in [2.75, 3.05) is 37.7 Å². The van der Waals surface area contributed by atoms with Crippen molar-refractivity contribution in [2.24, 2.45) is 0 Å². The smallest absolute Gasteiger partial charge is 0.325 e. The number of carbonyl (C=O) groups excluding carboxylic acids is 4. The second-order valence-electron chi connectivity index (χ2n) is 9.16. The number of rotatable bonds is 11. The van der Waals surface area contributed by atoms with Crippen molar-refractivity contribution in [2.45, 2.75) is 44.7 Å². The van der Waals surface area contributed by atoms with Crippen LogP contribution in [-0.2, 0) is 20.9 Å². The number of imide groups is 1. The van der Waals surface area contributed by atoms with Crippen molar-refractivity contribution in [3.63, 3.8) is 0 Å². The SMILES string of the molecule is CCC(=O)CCOCCNC(=O)c1cnc(N2CCC3(CC2)NC(=O)N(Cc2ccccc2)C3=O)nc1. The first-order valence-corrected chi connectivity index (χ1v) is 12.5. The molecule has 3 heterocycles. The fourth-order valence-electron chi connectivity index (χ4n) is 4.42. The van der Waals surface area contributed by atoms with Crippen LogP contribution >= 0.6 is 0 Å². The minimum Gasteiger partial charge on any atom is -0.379 e. The maximum absolute atomic E-state index is 13.2. The van der Waals surface area contributed by atoms with Crippen LogP contribution in [-0.4, -0.2) is 76.9 Å². The van der Waals surface area contributed by atoms with Gasteiger partial charge in [0.1, 0.15) is 11.3 Å². The summed E-state index contributed by atoms with van der Waals surface area (Å²) in [7, 11) is 0. The van der Waals surface area contributed by atoms with Crippen LogP contribution in [0.5, 0.6) is 0 Å². The van der Waals surface area contributed by atoms with E-state index in [1.807, 2.05) is 42.2 Å². The Hall–Kier alpha value is -3.86. The summed E-state index contributed by atoms with van der Waals surface area (Å²) < 4.78 is 5.35. The molecule has 11 heteroatoms. The molecule has 4 rings (SSSR count). The quantitative estimate of drug-likeness (QED) is 0.346. The molecule has 2 fully saturated rings. The van der Waals surface area contributed by atoms with E-state index in [2.05, 4.69) is 20.6 Å². The van der Waals surface area contributed by atoms with Gasteiger partial charge in [-0.1, -0.05) is 37.3 Å². The largest absolute Gasteiger partial charge is 0.379 e. The molecule has 0 bridgehead atoms. The molecule has 2 N–H and O–H groups in total. The number of ether oxygens (including phenoxy) is 1. The Labute approximate surface area is 215 Å². The highest BCUT2D eigenvalue weighted by Gasteiger charge is 2.52. The number of ketones is 1. The molecule has 11 nitrogen and oxygen atoms in total. The summed E-state index contributed by atoms with van der Waals surface area (Å²) in [6.45, 7) is 4.02. The number of nitrogens with zero attached hydrogens (tertiary/aromatic N) is 4. The zero-order chi connectivity index (χ0) is 26.3. The highest BCUT2D eigenvalue weighted by molar-refractivity contribution is 6.07. The Morgan fingerprint density at radius 1 is 1.08 bits per heavy atom. The van der Waals surface area contributed by atoms with E-state index in [1.165, 1.54) is 17.3 Å². The van der Waals surface area contributed by atoms with Gasteiger partial charge in [-0.05, 0) is 18.4 Å². The Kier molecular flexibility index (Phi) is 8.44. The van der Waals surface area contributed by atoms with Gasteiger partial charge in [-0.15, -0.1) is 0 Å². The number of aromatic nitrogens is 2. The molecule has 1 spiro atoms. The zero-order valence-corrected chi connectivity index (χ0v) is 20.9. The van der Waals surface area contributed by atoms with Crippen LogP contribution in [0.3, 0.4) is 0 Å². The lowest BCUT2D eigenvalue weighted by molar-refractivity contribution is -0.132. The summed E-state index contributed by atoms with van der Waals surface area (Å²) in [6, 6.07) is 9.07. The molecule has 0 unspecified atom stereocenters. The van der Waals surface area contributed by atoms with Crippen LogP contribution in [0.25, 0.3) is 0 Å². The number of nitrogens with one attached hydrogen (secondary N) is 2. The Bertz CT molecular complexity index is 1120. The lowest BCUT2D eigenvalue weighted by Crippen LogP contribution is -2.55. The van der Waals surface area contributed by atoms with E-state index in [1.54, 1.807) is 0 Å². The van der Waals surface area contributed by atoms with Crippen LogP contribution in [0.1, 0.15) is 48.5 Å². The van der Waals surface area contributed by atoms with Crippen LogP contribution < -0.4 is 15.5 Å². The first-order valence-electron chi connectivity index (χ1n) is 12.5. The molecular formula is C26H32N6O5. The van der Waals surface area contributed by atoms with Crippen LogP contribution in [0.2, 0.25) is 0 Å². The number of urea groups is 1. The minimum absolute atomic E-state index is 0.148. The van der Waals surface area contributed by atoms with E-state index >= 15 is 0 Å². The Morgan fingerprint density at radius 3 is 2.46 bits per heavy atom. The highest BCUT2D eigenvalue weighted by Crippen LogP contribution is 2.31. The van der Waals surface area contributed by atoms with E-state index in [4.69, 9.17) is 4.74 Å². The van der Waals surface area contributed by atoms with Gasteiger partial charge in [0.2, 0.25) is 5.95 Å². The third kappa shape index (κ3) is 6.29. The average molecular weight is 509 g/mol. The number of hydrogen-bond donors (Lipinski definition) is 2. The summed E-state index contributed by atoms with van der Waals surface area (Å²) in [5, 5.41) is 5.65. The molecule has 4 amide bonds. The maximum Gasteiger partial charge on any atom is 0.325 e. The average Bonchev–Trinajstić information content (AvgIpc) is 3.15. The monoisotopic (exact) mass is 508 g/mol. The number of piperidine rings is 1. The molecular weight excluding hydrogens is 476 g/mol. The van der Waals surface area contributed by atoms with Crippen molar-refractivity contribution in [3.05, 3.63) is 53.9 Å². The predicted molar refractivity (Wildman–Crippen MR) is 135 cm³/mol. The van der Waals surface area contributed by atoms with Gasteiger partial charge in [0.15, 0.2) is 0 Å². The predicted octanol–water partition coefficient (Wildman–Crippen LogP) is 1.68. The van der Waals surface area contributed by atoms with Gasteiger partial charge in [0, 0.05) is 44.9 Å². The first kappa shape index (κ1) is 26.2. The molecule has 196 valence electrons. The van der Waals surface area contributed by atoms with E-state index in [9.17, 15) is 19.2 Å². The Morgan fingerprint density at radius 2 is 1.78 bits per heavy atom. The molecule has 0 saturated carbocycles. The molecule has 0 atom stereocenters. The fourth-order valence-corrected chi connectivity index (χ4v) is 4.42. The standard InChI is InChI=1S/C26H32N6O5/c1-2-21(33)8-14-37-15-11-27-22(34)20-16-28-24(29-17-20)31-12-9-26(10-13-31)23(35)32(25(36)30-26)18-19-6-4-3-5-7-19/h3-7,16-17H,2,8-15,18H2,1H3,(H,27,34)(H,30,36). The topological polar surface area (TPSA) is 134 Å². The number of anilines is 1. The number of amides is 4. The van der Waals surface area contributed by atoms with Crippen LogP contribution in [0.4, 0.5) is 10.7 Å². The fraction of sp³-hybridized carbons (Fsp3) is 0.462. The summed E-state index contributed by atoms with van der Waals surface area (Å²) in [6.07, 6.45) is 4.69. The summed E-state index contributed by atoms with van der Waals surface area (Å²) >= 11 is 0. The number of benzene rings is 1. The summed E-state index contributed by atoms with van der Waals surface area (Å²) in [4.78, 5) is 61.2. The molecule has 2 aromatic rings. The van der Waals surface area contributed by atoms with Gasteiger partial charge >= 0.3 is 6.03 Å². The number of carbonyl (C=O) groups is 4. The number of Topliss-reactive ketones (excluding diaryl/α,β-unsaturated/α-hetero) is 1. The summed E-state index contributed by atoms with van der Waals surface area (Å²) in [5.74, 6) is 0.105. The van der Waals surface area contributed by atoms with Gasteiger partial charge in [0.25, 0.3) is 11.8 Å². The van der Waals surface area contributed by atoms with Gasteiger partial charge in [-0.2, -0.15) is 0 Å². The molecule has 37 heavy (non-hydrogen) atoms. The molecule has 0 radical (unpaired) electrons. The lowest BCUT2D eigenvalue weighted by atomic mass is 9.87. The van der Waals surface area contributed by atoms with E-state index in [-0.39, 0.29) is 30.2 Å². The van der Waals surface area contributed by atoms with Crippen LogP contribution in [0.15, 0.2) is 42.7 Å². The third-order valence-corrected chi connectivity index (χ3v) is 6.68. The van der Waals surface area contributed by atoms with Gasteiger partial charge in [0.05, 0.1) is 25.3 Å². The van der Waals surface area contributed by atoms with Crippen molar-refractivity contribution in [3.8, 4) is 0 Å². The van der Waals surface area contributed by atoms with E-state index in [0.29, 0.717) is 70.0 Å². The lowest BCUT2D eigenvalue weighted by Gasteiger charge is -2.37. The van der Waals surface area contributed by atoms with Gasteiger partial charge in [-0.25, -0.2) is 14.8 Å². The normalized spacial score (nSPS) is 16.7. The minimum atomic E-state index is -0.909. The third-order valence-electron chi connectivity index (χ3n) is 6.68. The van der Waals surface area contributed by atoms with Gasteiger partial charge in [-0.3, -0.25) is 19.3 Å². The maximum atomic E-state index is 13.2. The number of hydrogen-bond acceptors (Lipinski definition) is 8. The van der Waals surface area contributed by atoms with Crippen LogP contribution in [0, 0.1) is 0 Å². The molecule has 1 aromatic heterocycles. The second-order valence-corrected chi connectivity index (χ2v) is 9.16. The van der Waals surface area contributed by atoms with Gasteiger partial charge < -0.3 is 20.3 Å². The molecule has 2 aliphatic rings. The highest BCUT2D eigenvalue weighted by atomic mass is 16.5. The van der Waals surface area contributed by atoms with Crippen molar-refractivity contribution in [1.29, 1.82) is 0 Å². The second kappa shape index (κ2) is 11.9. The molecule has 0 aliphatic carbocycles. The van der Waals surface area contributed by atoms with E-state index < -0.39 is 5.54 Å². The van der Waals surface area contributed by atoms with E-state index in [0.717, 1.165) is 5.56 Å².